The number of aryl methyl sites for hydroxylation is 1. The Labute approximate surface area is 189 Å². The lowest BCUT2D eigenvalue weighted by atomic mass is 10.2. The summed E-state index contributed by atoms with van der Waals surface area (Å²) in [6, 6.07) is 12.6. The van der Waals surface area contributed by atoms with Gasteiger partial charge < -0.3 is 15.4 Å². The molecule has 0 aromatic heterocycles. The Hall–Kier alpha value is -3.20. The molecule has 0 heterocycles. The number of anilines is 1. The maximum Gasteiger partial charge on any atom is 0.329 e. The van der Waals surface area contributed by atoms with Gasteiger partial charge in [-0.2, -0.15) is 5.10 Å². The fourth-order valence-electron chi connectivity index (χ4n) is 2.38. The smallest absolute Gasteiger partial charge is 0.329 e. The summed E-state index contributed by atoms with van der Waals surface area (Å²) in [5, 5.41) is 9.11. The first-order valence-corrected chi connectivity index (χ1v) is 10.4. The monoisotopic (exact) mass is 488 g/mol. The third kappa shape index (κ3) is 8.21. The highest BCUT2D eigenvalue weighted by Gasteiger charge is 2.13. The summed E-state index contributed by atoms with van der Waals surface area (Å²) in [5.41, 5.74) is 4.35. The minimum absolute atomic E-state index is 0.208. The van der Waals surface area contributed by atoms with E-state index in [4.69, 9.17) is 4.74 Å². The van der Waals surface area contributed by atoms with Crippen LogP contribution in [0.1, 0.15) is 25.0 Å². The Bertz CT molecular complexity index is 976. The van der Waals surface area contributed by atoms with E-state index in [0.29, 0.717) is 23.5 Å². The first-order chi connectivity index (χ1) is 14.8. The van der Waals surface area contributed by atoms with Crippen molar-refractivity contribution in [2.45, 2.75) is 20.8 Å². The van der Waals surface area contributed by atoms with Gasteiger partial charge in [0.1, 0.15) is 5.75 Å². The largest absolute Gasteiger partial charge is 0.483 e. The van der Waals surface area contributed by atoms with Gasteiger partial charge in [-0.05, 0) is 42.7 Å². The third-order valence-corrected chi connectivity index (χ3v) is 4.49. The molecule has 164 valence electrons. The average molecular weight is 489 g/mol. The number of amides is 3. The molecule has 3 amide bonds. The maximum atomic E-state index is 12.2. The molecule has 0 bridgehead atoms. The van der Waals surface area contributed by atoms with Crippen molar-refractivity contribution < 1.29 is 19.1 Å². The standard InChI is InChI=1S/C22H25BrN4O4/c1-14(2)11-24-21(29)22(30)27-25-12-16-10-17(23)8-9-19(16)31-13-20(28)26-18-7-5-4-6-15(18)3/h4-10,12,14H,11,13H2,1-3H3,(H,24,29)(H,26,28)(H,27,30)/b25-12-. The van der Waals surface area contributed by atoms with Crippen LogP contribution < -0.4 is 20.8 Å². The van der Waals surface area contributed by atoms with Gasteiger partial charge in [0.2, 0.25) is 0 Å². The number of benzene rings is 2. The summed E-state index contributed by atoms with van der Waals surface area (Å²) < 4.78 is 6.38. The number of rotatable bonds is 8. The van der Waals surface area contributed by atoms with Crippen LogP contribution in [0.15, 0.2) is 52.0 Å². The lowest BCUT2D eigenvalue weighted by Crippen LogP contribution is -2.39. The van der Waals surface area contributed by atoms with Gasteiger partial charge >= 0.3 is 11.8 Å². The van der Waals surface area contributed by atoms with E-state index in [1.807, 2.05) is 45.0 Å². The summed E-state index contributed by atoms with van der Waals surface area (Å²) in [4.78, 5) is 35.7. The maximum absolute atomic E-state index is 12.2. The fourth-order valence-corrected chi connectivity index (χ4v) is 2.76. The lowest BCUT2D eigenvalue weighted by Gasteiger charge is -2.11. The van der Waals surface area contributed by atoms with Gasteiger partial charge in [0.15, 0.2) is 6.61 Å². The van der Waals surface area contributed by atoms with Crippen LogP contribution in [0.4, 0.5) is 5.69 Å². The van der Waals surface area contributed by atoms with E-state index in [0.717, 1.165) is 10.0 Å². The van der Waals surface area contributed by atoms with E-state index < -0.39 is 11.8 Å². The molecular formula is C22H25BrN4O4. The zero-order valence-electron chi connectivity index (χ0n) is 17.6. The summed E-state index contributed by atoms with van der Waals surface area (Å²) in [6.07, 6.45) is 1.34. The van der Waals surface area contributed by atoms with Crippen LogP contribution in [0, 0.1) is 12.8 Å². The number of carbonyl (C=O) groups excluding carboxylic acids is 3. The Balaban J connectivity index is 1.96. The highest BCUT2D eigenvalue weighted by atomic mass is 79.9. The van der Waals surface area contributed by atoms with Crippen molar-refractivity contribution in [1.82, 2.24) is 10.7 Å². The zero-order chi connectivity index (χ0) is 22.8. The third-order valence-electron chi connectivity index (χ3n) is 4.00. The number of nitrogens with one attached hydrogen (secondary N) is 3. The number of hydrazone groups is 1. The van der Waals surface area contributed by atoms with E-state index in [9.17, 15) is 14.4 Å². The number of ether oxygens (including phenoxy) is 1. The molecule has 0 fully saturated rings. The second-order valence-electron chi connectivity index (χ2n) is 7.14. The van der Waals surface area contributed by atoms with Crippen molar-refractivity contribution in [2.75, 3.05) is 18.5 Å². The number of carbonyl (C=O) groups is 3. The molecule has 2 aromatic carbocycles. The molecule has 31 heavy (non-hydrogen) atoms. The fraction of sp³-hybridized carbons (Fsp3) is 0.273. The molecular weight excluding hydrogens is 464 g/mol. The number of halogens is 1. The van der Waals surface area contributed by atoms with Gasteiger partial charge in [-0.1, -0.05) is 48.0 Å². The molecule has 0 saturated heterocycles. The van der Waals surface area contributed by atoms with Crippen molar-refractivity contribution in [1.29, 1.82) is 0 Å². The van der Waals surface area contributed by atoms with Gasteiger partial charge in [-0.25, -0.2) is 5.43 Å². The average Bonchev–Trinajstić information content (AvgIpc) is 2.73. The summed E-state index contributed by atoms with van der Waals surface area (Å²) >= 11 is 3.36. The zero-order valence-corrected chi connectivity index (χ0v) is 19.2. The van der Waals surface area contributed by atoms with Crippen molar-refractivity contribution >= 4 is 45.6 Å². The van der Waals surface area contributed by atoms with Gasteiger partial charge in [0.05, 0.1) is 6.21 Å². The predicted molar refractivity (Wildman–Crippen MR) is 123 cm³/mol. The molecule has 2 aromatic rings. The van der Waals surface area contributed by atoms with E-state index >= 15 is 0 Å². The highest BCUT2D eigenvalue weighted by molar-refractivity contribution is 9.10. The van der Waals surface area contributed by atoms with Crippen molar-refractivity contribution in [3.8, 4) is 5.75 Å². The number of hydrogen-bond donors (Lipinski definition) is 3. The second kappa shape index (κ2) is 11.8. The van der Waals surface area contributed by atoms with Crippen molar-refractivity contribution in [3.05, 3.63) is 58.1 Å². The summed E-state index contributed by atoms with van der Waals surface area (Å²) in [7, 11) is 0. The molecule has 0 aliphatic rings. The van der Waals surface area contributed by atoms with Crippen LogP contribution in [0.5, 0.6) is 5.75 Å². The van der Waals surface area contributed by atoms with Gasteiger partial charge in [-0.3, -0.25) is 14.4 Å². The number of hydrogen-bond acceptors (Lipinski definition) is 5. The van der Waals surface area contributed by atoms with E-state index in [1.54, 1.807) is 18.2 Å². The van der Waals surface area contributed by atoms with Crippen LogP contribution in [-0.4, -0.2) is 37.1 Å². The van der Waals surface area contributed by atoms with Gasteiger partial charge in [-0.15, -0.1) is 0 Å². The van der Waals surface area contributed by atoms with E-state index in [-0.39, 0.29) is 18.4 Å². The molecule has 0 aliphatic heterocycles. The Morgan fingerprint density at radius 3 is 2.58 bits per heavy atom. The van der Waals surface area contributed by atoms with Crippen LogP contribution in [0.2, 0.25) is 0 Å². The van der Waals surface area contributed by atoms with Gasteiger partial charge in [0.25, 0.3) is 5.91 Å². The van der Waals surface area contributed by atoms with E-state index in [2.05, 4.69) is 37.1 Å². The molecule has 0 aliphatic carbocycles. The van der Waals surface area contributed by atoms with Crippen LogP contribution >= 0.6 is 15.9 Å². The van der Waals surface area contributed by atoms with Crippen LogP contribution in [0.3, 0.4) is 0 Å². The molecule has 0 radical (unpaired) electrons. The minimum Gasteiger partial charge on any atom is -0.483 e. The Morgan fingerprint density at radius 1 is 1.13 bits per heavy atom. The normalized spacial score (nSPS) is 10.7. The molecule has 2 rings (SSSR count). The molecule has 0 unspecified atom stereocenters. The first-order valence-electron chi connectivity index (χ1n) is 9.65. The highest BCUT2D eigenvalue weighted by Crippen LogP contribution is 2.22. The van der Waals surface area contributed by atoms with Crippen LogP contribution in [0.25, 0.3) is 0 Å². The lowest BCUT2D eigenvalue weighted by molar-refractivity contribution is -0.139. The molecule has 8 nitrogen and oxygen atoms in total. The summed E-state index contributed by atoms with van der Waals surface area (Å²) in [5.74, 6) is -1.32. The van der Waals surface area contributed by atoms with Crippen molar-refractivity contribution in [3.63, 3.8) is 0 Å². The second-order valence-corrected chi connectivity index (χ2v) is 8.05. The Kier molecular flexibility index (Phi) is 9.20. The Morgan fingerprint density at radius 2 is 1.87 bits per heavy atom. The minimum atomic E-state index is -0.869. The SMILES string of the molecule is Cc1ccccc1NC(=O)COc1ccc(Br)cc1/C=N\NC(=O)C(=O)NCC(C)C. The number of nitrogens with zero attached hydrogens (tertiary/aromatic N) is 1. The van der Waals surface area contributed by atoms with E-state index in [1.165, 1.54) is 6.21 Å². The first kappa shape index (κ1) is 24.1. The van der Waals surface area contributed by atoms with Crippen molar-refractivity contribution in [2.24, 2.45) is 11.0 Å². The molecule has 0 spiro atoms. The van der Waals surface area contributed by atoms with Gasteiger partial charge in [0, 0.05) is 22.3 Å². The summed E-state index contributed by atoms with van der Waals surface area (Å²) in [6.45, 7) is 5.93. The molecule has 9 heteroatoms. The molecule has 3 N–H and O–H groups in total. The molecule has 0 saturated carbocycles. The van der Waals surface area contributed by atoms with Crippen LogP contribution in [-0.2, 0) is 14.4 Å². The predicted octanol–water partition coefficient (Wildman–Crippen LogP) is 3.00. The molecule has 0 atom stereocenters. The topological polar surface area (TPSA) is 109 Å². The quantitative estimate of drug-likeness (QED) is 0.301. The number of para-hydroxylation sites is 1.